The quantitative estimate of drug-likeness (QED) is 0.186. The Morgan fingerprint density at radius 2 is 1.71 bits per heavy atom. The molecule has 2 heterocycles. The molecule has 2 atom stereocenters. The van der Waals surface area contributed by atoms with Crippen LogP contribution < -0.4 is 32.3 Å². The van der Waals surface area contributed by atoms with Gasteiger partial charge < -0.3 is 32.3 Å². The van der Waals surface area contributed by atoms with E-state index in [2.05, 4.69) is 36.9 Å². The second-order valence-electron chi connectivity index (χ2n) is 10.4. The largest absolute Gasteiger partial charge is 0.380 e. The molecule has 0 unspecified atom stereocenters. The SMILES string of the molecule is CNC(=O)[C@H](CCCNC(N)=O)NC(=O)[C@@H](NC(=O)Cn1nnc2c1-c1ccccc1NCc1ccccc1-2)C(C)C. The number of benzene rings is 2. The van der Waals surface area contributed by atoms with Crippen molar-refractivity contribution in [3.8, 4) is 22.5 Å². The summed E-state index contributed by atoms with van der Waals surface area (Å²) >= 11 is 0. The highest BCUT2D eigenvalue weighted by molar-refractivity contribution is 5.93. The number of carbonyl (C=O) groups is 4. The lowest BCUT2D eigenvalue weighted by molar-refractivity contribution is -0.133. The third kappa shape index (κ3) is 7.03. The van der Waals surface area contributed by atoms with Crippen LogP contribution in [-0.2, 0) is 27.5 Å². The summed E-state index contributed by atoms with van der Waals surface area (Å²) in [6.45, 7) is 4.31. The molecule has 13 nitrogen and oxygen atoms in total. The minimum Gasteiger partial charge on any atom is -0.380 e. The number of urea groups is 1. The molecular weight excluding hydrogens is 538 g/mol. The van der Waals surface area contributed by atoms with Crippen LogP contribution in [0.15, 0.2) is 48.5 Å². The molecular formula is C29H37N9O4. The molecule has 0 spiro atoms. The normalized spacial score (nSPS) is 13.1. The molecule has 4 rings (SSSR count). The molecule has 3 aromatic rings. The maximum atomic E-state index is 13.4. The van der Waals surface area contributed by atoms with Crippen LogP contribution in [0.4, 0.5) is 10.5 Å². The van der Waals surface area contributed by atoms with Crippen molar-refractivity contribution >= 4 is 29.4 Å². The molecule has 0 saturated carbocycles. The molecule has 0 fully saturated rings. The zero-order chi connectivity index (χ0) is 30.2. The van der Waals surface area contributed by atoms with E-state index in [4.69, 9.17) is 5.73 Å². The number of primary amides is 1. The Hall–Kier alpha value is -4.94. The Morgan fingerprint density at radius 3 is 2.43 bits per heavy atom. The smallest absolute Gasteiger partial charge is 0.312 e. The molecule has 5 amide bonds. The molecule has 2 aromatic carbocycles. The molecule has 0 saturated heterocycles. The lowest BCUT2D eigenvalue weighted by Crippen LogP contribution is -2.55. The number of nitrogens with one attached hydrogen (secondary N) is 5. The van der Waals surface area contributed by atoms with E-state index >= 15 is 0 Å². The van der Waals surface area contributed by atoms with Gasteiger partial charge in [-0.3, -0.25) is 14.4 Å². The summed E-state index contributed by atoms with van der Waals surface area (Å²) in [4.78, 5) is 50.0. The summed E-state index contributed by atoms with van der Waals surface area (Å²) in [7, 11) is 1.47. The van der Waals surface area contributed by atoms with Crippen LogP contribution in [0, 0.1) is 5.92 Å². The van der Waals surface area contributed by atoms with Gasteiger partial charge in [0.25, 0.3) is 0 Å². The molecule has 0 aliphatic carbocycles. The third-order valence-electron chi connectivity index (χ3n) is 7.07. The van der Waals surface area contributed by atoms with Crippen molar-refractivity contribution in [1.82, 2.24) is 36.3 Å². The predicted octanol–water partition coefficient (Wildman–Crippen LogP) is 1.36. The second kappa shape index (κ2) is 13.6. The monoisotopic (exact) mass is 575 g/mol. The van der Waals surface area contributed by atoms with Gasteiger partial charge in [-0.05, 0) is 30.4 Å². The van der Waals surface area contributed by atoms with E-state index in [1.807, 2.05) is 48.5 Å². The maximum Gasteiger partial charge on any atom is 0.312 e. The summed E-state index contributed by atoms with van der Waals surface area (Å²) in [6.07, 6.45) is 0.682. The second-order valence-corrected chi connectivity index (χ2v) is 10.4. The van der Waals surface area contributed by atoms with E-state index in [1.54, 1.807) is 18.5 Å². The van der Waals surface area contributed by atoms with Crippen LogP contribution in [0.1, 0.15) is 32.3 Å². The fraction of sp³-hybridized carbons (Fsp3) is 0.379. The van der Waals surface area contributed by atoms with Crippen molar-refractivity contribution in [2.45, 2.75) is 51.9 Å². The van der Waals surface area contributed by atoms with Crippen molar-refractivity contribution in [3.05, 3.63) is 54.1 Å². The number of rotatable bonds is 11. The van der Waals surface area contributed by atoms with Gasteiger partial charge in [0.05, 0.1) is 5.69 Å². The van der Waals surface area contributed by atoms with Gasteiger partial charge in [-0.2, -0.15) is 0 Å². The average molecular weight is 576 g/mol. The summed E-state index contributed by atoms with van der Waals surface area (Å²) in [5.41, 5.74) is 10.2. The van der Waals surface area contributed by atoms with Crippen molar-refractivity contribution in [3.63, 3.8) is 0 Å². The predicted molar refractivity (Wildman–Crippen MR) is 158 cm³/mol. The van der Waals surface area contributed by atoms with Gasteiger partial charge in [-0.1, -0.05) is 61.5 Å². The van der Waals surface area contributed by atoms with Crippen LogP contribution in [0.25, 0.3) is 22.5 Å². The Morgan fingerprint density at radius 1 is 1.00 bits per heavy atom. The lowest BCUT2D eigenvalue weighted by atomic mass is 9.97. The molecule has 0 bridgehead atoms. The Bertz CT molecular complexity index is 1450. The van der Waals surface area contributed by atoms with E-state index in [-0.39, 0.29) is 31.3 Å². The first-order valence-corrected chi connectivity index (χ1v) is 13.9. The van der Waals surface area contributed by atoms with Crippen LogP contribution in [0.2, 0.25) is 0 Å². The topological polar surface area (TPSA) is 185 Å². The highest BCUT2D eigenvalue weighted by Gasteiger charge is 2.30. The number of fused-ring (bicyclic) bond motifs is 5. The molecule has 1 aliphatic rings. The zero-order valence-corrected chi connectivity index (χ0v) is 23.9. The van der Waals surface area contributed by atoms with Crippen molar-refractivity contribution in [2.75, 3.05) is 18.9 Å². The van der Waals surface area contributed by atoms with Crippen molar-refractivity contribution < 1.29 is 19.2 Å². The number of anilines is 1. The van der Waals surface area contributed by atoms with E-state index in [9.17, 15) is 19.2 Å². The molecule has 0 radical (unpaired) electrons. The minimum atomic E-state index is -0.909. The van der Waals surface area contributed by atoms with E-state index in [0.29, 0.717) is 24.4 Å². The number of likely N-dealkylation sites (N-methyl/N-ethyl adjacent to an activating group) is 1. The number of para-hydroxylation sites is 1. The summed E-state index contributed by atoms with van der Waals surface area (Å²) in [5.74, 6) is -1.58. The number of nitrogens with two attached hydrogens (primary N) is 1. The number of nitrogens with zero attached hydrogens (tertiary/aromatic N) is 3. The Balaban J connectivity index is 1.52. The van der Waals surface area contributed by atoms with Crippen LogP contribution >= 0.6 is 0 Å². The fourth-order valence-corrected chi connectivity index (χ4v) is 4.92. The van der Waals surface area contributed by atoms with Crippen molar-refractivity contribution in [2.24, 2.45) is 11.7 Å². The number of amides is 5. The molecule has 42 heavy (non-hydrogen) atoms. The van der Waals surface area contributed by atoms with Crippen LogP contribution in [0.3, 0.4) is 0 Å². The summed E-state index contributed by atoms with van der Waals surface area (Å²) in [6, 6.07) is 13.3. The molecule has 222 valence electrons. The molecule has 1 aromatic heterocycles. The number of aromatic nitrogens is 3. The van der Waals surface area contributed by atoms with Gasteiger partial charge >= 0.3 is 6.03 Å². The fourth-order valence-electron chi connectivity index (χ4n) is 4.92. The minimum absolute atomic E-state index is 0.174. The van der Waals surface area contributed by atoms with Gasteiger partial charge in [0, 0.05) is 37.0 Å². The van der Waals surface area contributed by atoms with Gasteiger partial charge in [-0.15, -0.1) is 5.10 Å². The maximum absolute atomic E-state index is 13.4. The summed E-state index contributed by atoms with van der Waals surface area (Å²) in [5, 5.41) is 22.8. The van der Waals surface area contributed by atoms with E-state index in [0.717, 1.165) is 22.4 Å². The first-order chi connectivity index (χ1) is 20.2. The first-order valence-electron chi connectivity index (χ1n) is 13.9. The van der Waals surface area contributed by atoms with Gasteiger partial charge in [0.15, 0.2) is 0 Å². The number of hydrogen-bond donors (Lipinski definition) is 6. The van der Waals surface area contributed by atoms with Gasteiger partial charge in [-0.25, -0.2) is 9.48 Å². The van der Waals surface area contributed by atoms with Crippen LogP contribution in [0.5, 0.6) is 0 Å². The van der Waals surface area contributed by atoms with Crippen LogP contribution in [-0.4, -0.2) is 64.4 Å². The third-order valence-corrected chi connectivity index (χ3v) is 7.07. The lowest BCUT2D eigenvalue weighted by Gasteiger charge is -2.25. The zero-order valence-electron chi connectivity index (χ0n) is 23.9. The molecule has 13 heteroatoms. The Labute approximate surface area is 244 Å². The summed E-state index contributed by atoms with van der Waals surface area (Å²) < 4.78 is 1.54. The standard InChI is InChI=1S/C29H37N9O4/c1-17(2)24(28(41)34-22(27(40)31-3)13-8-14-32-29(30)42)35-23(39)16-38-26-20-11-6-7-12-21(20)33-15-18-9-4-5-10-19(18)25(26)36-37-38/h4-7,9-12,17,22,24,33H,8,13-16H2,1-3H3,(H,31,40)(H,34,41)(H,35,39)(H3,30,32,42)/t22-,24-/m0/s1. The van der Waals surface area contributed by atoms with E-state index < -0.39 is 29.9 Å². The average Bonchev–Trinajstić information content (AvgIpc) is 3.37. The van der Waals surface area contributed by atoms with Crippen molar-refractivity contribution in [1.29, 1.82) is 0 Å². The number of carbonyl (C=O) groups excluding carboxylic acids is 4. The molecule has 7 N–H and O–H groups in total. The van der Waals surface area contributed by atoms with Gasteiger partial charge in [0.2, 0.25) is 17.7 Å². The Kier molecular flexibility index (Phi) is 9.73. The van der Waals surface area contributed by atoms with Gasteiger partial charge in [0.1, 0.15) is 24.3 Å². The van der Waals surface area contributed by atoms with E-state index in [1.165, 1.54) is 7.05 Å². The highest BCUT2D eigenvalue weighted by Crippen LogP contribution is 2.38. The molecule has 1 aliphatic heterocycles. The first kappa shape index (κ1) is 30.0. The number of hydrogen-bond acceptors (Lipinski definition) is 7. The highest BCUT2D eigenvalue weighted by atomic mass is 16.2.